The second-order valence-electron chi connectivity index (χ2n) is 5.57. The minimum atomic E-state index is -1.95. The third kappa shape index (κ3) is 10.8. The van der Waals surface area contributed by atoms with E-state index in [1.165, 1.54) is 25.7 Å². The van der Waals surface area contributed by atoms with E-state index < -0.39 is 8.25 Å². The summed E-state index contributed by atoms with van der Waals surface area (Å²) in [5.74, 6) is 0.512. The molecule has 0 aliphatic carbocycles. The predicted octanol–water partition coefficient (Wildman–Crippen LogP) is 6.25. The quantitative estimate of drug-likeness (QED) is 0.281. The third-order valence-corrected chi connectivity index (χ3v) is 4.61. The fourth-order valence-electron chi connectivity index (χ4n) is 2.17. The highest BCUT2D eigenvalue weighted by Crippen LogP contribution is 2.30. The topological polar surface area (TPSA) is 35.5 Å². The first-order valence-electron chi connectivity index (χ1n) is 8.44. The van der Waals surface area contributed by atoms with Crippen molar-refractivity contribution in [3.63, 3.8) is 0 Å². The Hall–Kier alpha value is 0.0200. The van der Waals surface area contributed by atoms with Gasteiger partial charge in [0.1, 0.15) is 12.7 Å². The van der Waals surface area contributed by atoms with Crippen LogP contribution in [0.3, 0.4) is 0 Å². The van der Waals surface area contributed by atoms with Crippen LogP contribution in [0.25, 0.3) is 0 Å². The van der Waals surface area contributed by atoms with Gasteiger partial charge >= 0.3 is 8.25 Å². The lowest BCUT2D eigenvalue weighted by atomic mass is 10.0. The minimum absolute atomic E-state index is 0.0841. The summed E-state index contributed by atoms with van der Waals surface area (Å²) in [5.41, 5.74) is 0. The number of hydrogen-bond donors (Lipinski definition) is 0. The fraction of sp³-hybridized carbons (Fsp3) is 1.00. The van der Waals surface area contributed by atoms with Crippen molar-refractivity contribution in [3.8, 4) is 0 Å². The van der Waals surface area contributed by atoms with E-state index in [4.69, 9.17) is 9.05 Å². The SMILES string of the molecule is CCCCCC(CC)O[P+](=O)OCC(CC)CCCC. The Balaban J connectivity index is 3.87. The lowest BCUT2D eigenvalue weighted by molar-refractivity contribution is 0.136. The zero-order valence-corrected chi connectivity index (χ0v) is 14.8. The first kappa shape index (κ1) is 20.0. The molecule has 0 aliphatic rings. The van der Waals surface area contributed by atoms with Gasteiger partial charge in [-0.05, 0) is 25.2 Å². The Morgan fingerprint density at radius 1 is 0.900 bits per heavy atom. The van der Waals surface area contributed by atoms with Gasteiger partial charge < -0.3 is 0 Å². The molecule has 3 unspecified atom stereocenters. The molecule has 4 heteroatoms. The average Bonchev–Trinajstić information content (AvgIpc) is 2.46. The first-order chi connectivity index (χ1) is 9.67. The van der Waals surface area contributed by atoms with Crippen LogP contribution in [0.2, 0.25) is 0 Å². The van der Waals surface area contributed by atoms with Crippen LogP contribution in [0, 0.1) is 5.92 Å². The van der Waals surface area contributed by atoms with Crippen molar-refractivity contribution in [1.29, 1.82) is 0 Å². The lowest BCUT2D eigenvalue weighted by Crippen LogP contribution is -2.10. The molecule has 0 aromatic heterocycles. The molecule has 0 N–H and O–H groups in total. The summed E-state index contributed by atoms with van der Waals surface area (Å²) in [5, 5.41) is 0. The summed E-state index contributed by atoms with van der Waals surface area (Å²) in [6.45, 7) is 9.19. The number of rotatable bonds is 14. The molecule has 0 amide bonds. The maximum absolute atomic E-state index is 11.8. The van der Waals surface area contributed by atoms with E-state index in [-0.39, 0.29) is 6.10 Å². The van der Waals surface area contributed by atoms with E-state index in [2.05, 4.69) is 27.7 Å². The highest BCUT2D eigenvalue weighted by Gasteiger charge is 2.27. The fourth-order valence-corrected chi connectivity index (χ4v) is 3.06. The van der Waals surface area contributed by atoms with Crippen LogP contribution in [-0.2, 0) is 13.6 Å². The van der Waals surface area contributed by atoms with Gasteiger partial charge in [0, 0.05) is 4.57 Å². The molecule has 0 radical (unpaired) electrons. The van der Waals surface area contributed by atoms with E-state index in [0.717, 1.165) is 32.1 Å². The van der Waals surface area contributed by atoms with Gasteiger partial charge in [0.25, 0.3) is 0 Å². The van der Waals surface area contributed by atoms with Crippen LogP contribution in [0.4, 0.5) is 0 Å². The summed E-state index contributed by atoms with van der Waals surface area (Å²) in [4.78, 5) is 0. The number of hydrogen-bond acceptors (Lipinski definition) is 3. The molecule has 0 heterocycles. The highest BCUT2D eigenvalue weighted by atomic mass is 31.1. The Labute approximate surface area is 126 Å². The predicted molar refractivity (Wildman–Crippen MR) is 86.2 cm³/mol. The molecule has 0 spiro atoms. The monoisotopic (exact) mass is 305 g/mol. The highest BCUT2D eigenvalue weighted by molar-refractivity contribution is 7.33. The standard InChI is InChI=1S/C16H34O3P/c1-5-9-11-13-16(8-4)19-20(17)18-14-15(7-3)12-10-6-2/h15-16H,5-14H2,1-4H3/q+1. The molecule has 3 nitrogen and oxygen atoms in total. The van der Waals surface area contributed by atoms with Gasteiger partial charge in [-0.15, -0.1) is 9.05 Å². The van der Waals surface area contributed by atoms with E-state index in [0.29, 0.717) is 12.5 Å². The third-order valence-electron chi connectivity index (χ3n) is 3.78. The molecule has 120 valence electrons. The van der Waals surface area contributed by atoms with E-state index in [1.807, 2.05) is 0 Å². The summed E-state index contributed by atoms with van der Waals surface area (Å²) in [6, 6.07) is 0. The Kier molecular flexibility index (Phi) is 14.0. The second-order valence-corrected chi connectivity index (χ2v) is 6.48. The largest absolute Gasteiger partial charge is 0.697 e. The van der Waals surface area contributed by atoms with Gasteiger partial charge in [0.05, 0.1) is 0 Å². The van der Waals surface area contributed by atoms with Crippen molar-refractivity contribution in [1.82, 2.24) is 0 Å². The summed E-state index contributed by atoms with van der Waals surface area (Å²) in [6.07, 6.45) is 10.2. The average molecular weight is 305 g/mol. The zero-order chi connectivity index (χ0) is 15.2. The van der Waals surface area contributed by atoms with Crippen molar-refractivity contribution in [2.75, 3.05) is 6.61 Å². The summed E-state index contributed by atoms with van der Waals surface area (Å²) < 4.78 is 22.8. The van der Waals surface area contributed by atoms with Crippen molar-refractivity contribution in [2.24, 2.45) is 5.92 Å². The maximum Gasteiger partial charge on any atom is 0.697 e. The molecule has 0 saturated heterocycles. The molecule has 0 fully saturated rings. The van der Waals surface area contributed by atoms with E-state index in [1.54, 1.807) is 0 Å². The molecule has 0 aromatic carbocycles. The summed E-state index contributed by atoms with van der Waals surface area (Å²) >= 11 is 0. The Bertz CT molecular complexity index is 234. The molecule has 0 aromatic rings. The molecular weight excluding hydrogens is 271 g/mol. The molecule has 3 atom stereocenters. The minimum Gasteiger partial charge on any atom is -0.119 e. The van der Waals surface area contributed by atoms with Gasteiger partial charge in [0.15, 0.2) is 0 Å². The van der Waals surface area contributed by atoms with Crippen LogP contribution in [0.5, 0.6) is 0 Å². The molecule has 20 heavy (non-hydrogen) atoms. The first-order valence-corrected chi connectivity index (χ1v) is 9.54. The van der Waals surface area contributed by atoms with Crippen LogP contribution < -0.4 is 0 Å². The second kappa shape index (κ2) is 14.0. The van der Waals surface area contributed by atoms with Gasteiger partial charge in [-0.25, -0.2) is 0 Å². The molecule has 0 rings (SSSR count). The van der Waals surface area contributed by atoms with Gasteiger partial charge in [-0.1, -0.05) is 66.2 Å². The van der Waals surface area contributed by atoms with Crippen molar-refractivity contribution >= 4 is 8.25 Å². The molecule has 0 bridgehead atoms. The molecule has 0 saturated carbocycles. The number of unbranched alkanes of at least 4 members (excludes halogenated alkanes) is 3. The van der Waals surface area contributed by atoms with Crippen LogP contribution in [0.1, 0.15) is 85.5 Å². The van der Waals surface area contributed by atoms with Crippen LogP contribution in [-0.4, -0.2) is 12.7 Å². The lowest BCUT2D eigenvalue weighted by Gasteiger charge is -2.10. The van der Waals surface area contributed by atoms with Gasteiger partial charge in [-0.3, -0.25) is 0 Å². The van der Waals surface area contributed by atoms with E-state index >= 15 is 0 Å². The molecular formula is C16H34O3P+. The molecule has 0 aliphatic heterocycles. The van der Waals surface area contributed by atoms with E-state index in [9.17, 15) is 4.57 Å². The van der Waals surface area contributed by atoms with Crippen molar-refractivity contribution < 1.29 is 13.6 Å². The van der Waals surface area contributed by atoms with Crippen LogP contribution in [0.15, 0.2) is 0 Å². The Morgan fingerprint density at radius 3 is 2.15 bits per heavy atom. The Morgan fingerprint density at radius 2 is 1.60 bits per heavy atom. The normalized spacial score (nSPS) is 15.1. The smallest absolute Gasteiger partial charge is 0.119 e. The van der Waals surface area contributed by atoms with Crippen molar-refractivity contribution in [2.45, 2.75) is 91.6 Å². The van der Waals surface area contributed by atoms with Gasteiger partial charge in [0.2, 0.25) is 0 Å². The van der Waals surface area contributed by atoms with Gasteiger partial charge in [-0.2, -0.15) is 0 Å². The zero-order valence-electron chi connectivity index (χ0n) is 13.9. The van der Waals surface area contributed by atoms with Crippen LogP contribution >= 0.6 is 8.25 Å². The summed E-state index contributed by atoms with van der Waals surface area (Å²) in [7, 11) is -1.95. The van der Waals surface area contributed by atoms with Crippen molar-refractivity contribution in [3.05, 3.63) is 0 Å². The maximum atomic E-state index is 11.8.